The maximum atomic E-state index is 9.75. The van der Waals surface area contributed by atoms with Crippen molar-refractivity contribution < 1.29 is 19.7 Å². The summed E-state index contributed by atoms with van der Waals surface area (Å²) in [5, 5.41) is 19.2. The van der Waals surface area contributed by atoms with E-state index in [0.29, 0.717) is 13.2 Å². The number of phenols is 2. The topological polar surface area (TPSA) is 58.9 Å². The van der Waals surface area contributed by atoms with Crippen LogP contribution in [0.1, 0.15) is 70.8 Å². The first-order valence-corrected chi connectivity index (χ1v) is 9.42. The molecule has 1 aromatic carbocycles. The van der Waals surface area contributed by atoms with Gasteiger partial charge in [0.2, 0.25) is 0 Å². The molecule has 4 heteroatoms. The van der Waals surface area contributed by atoms with E-state index in [1.54, 1.807) is 6.07 Å². The quantitative estimate of drug-likeness (QED) is 0.279. The lowest BCUT2D eigenvalue weighted by Crippen LogP contribution is -2.17. The van der Waals surface area contributed by atoms with Crippen molar-refractivity contribution in [3.05, 3.63) is 23.8 Å². The van der Waals surface area contributed by atoms with Crippen LogP contribution in [0, 0.1) is 0 Å². The predicted octanol–water partition coefficient (Wildman–Crippen LogP) is 5.16. The number of hydrogen-bond acceptors (Lipinski definition) is 4. The summed E-state index contributed by atoms with van der Waals surface area (Å²) in [6.45, 7) is 5.42. The molecule has 0 aliphatic rings. The van der Waals surface area contributed by atoms with Gasteiger partial charge in [0.1, 0.15) is 0 Å². The lowest BCUT2D eigenvalue weighted by molar-refractivity contribution is -0.140. The summed E-state index contributed by atoms with van der Waals surface area (Å²) in [6.07, 6.45) is 10.1. The molecule has 4 nitrogen and oxygen atoms in total. The van der Waals surface area contributed by atoms with Gasteiger partial charge in [0.05, 0.1) is 0 Å². The van der Waals surface area contributed by atoms with E-state index in [2.05, 4.69) is 0 Å². The maximum absolute atomic E-state index is 9.75. The van der Waals surface area contributed by atoms with Crippen molar-refractivity contribution in [2.45, 2.75) is 77.9 Å². The Labute approximate surface area is 146 Å². The molecule has 2 N–H and O–H groups in total. The maximum Gasteiger partial charge on any atom is 0.160 e. The van der Waals surface area contributed by atoms with Crippen molar-refractivity contribution in [2.24, 2.45) is 0 Å². The minimum absolute atomic E-state index is 0.0232. The highest BCUT2D eigenvalue weighted by atomic mass is 16.7. The van der Waals surface area contributed by atoms with E-state index in [0.717, 1.165) is 37.7 Å². The van der Waals surface area contributed by atoms with E-state index < -0.39 is 0 Å². The van der Waals surface area contributed by atoms with E-state index >= 15 is 0 Å². The van der Waals surface area contributed by atoms with Crippen LogP contribution in [0.3, 0.4) is 0 Å². The van der Waals surface area contributed by atoms with Gasteiger partial charge < -0.3 is 19.7 Å². The van der Waals surface area contributed by atoms with Crippen LogP contribution in [-0.2, 0) is 15.9 Å². The zero-order valence-electron chi connectivity index (χ0n) is 15.3. The highest BCUT2D eigenvalue weighted by molar-refractivity contribution is 5.44. The predicted molar refractivity (Wildman–Crippen MR) is 97.5 cm³/mol. The fourth-order valence-electron chi connectivity index (χ4n) is 2.88. The van der Waals surface area contributed by atoms with Crippen LogP contribution in [-0.4, -0.2) is 29.7 Å². The van der Waals surface area contributed by atoms with E-state index in [4.69, 9.17) is 9.47 Å². The number of rotatable bonds is 14. The van der Waals surface area contributed by atoms with Gasteiger partial charge in [0.25, 0.3) is 0 Å². The normalized spacial score (nSPS) is 11.3. The highest BCUT2D eigenvalue weighted by Gasteiger charge is 2.07. The molecule has 1 aromatic rings. The number of ether oxygens (including phenoxy) is 2. The molecule has 0 aromatic heterocycles. The molecular weight excluding hydrogens is 304 g/mol. The van der Waals surface area contributed by atoms with Crippen LogP contribution < -0.4 is 0 Å². The van der Waals surface area contributed by atoms with Gasteiger partial charge in [0, 0.05) is 13.2 Å². The summed E-state index contributed by atoms with van der Waals surface area (Å²) in [6, 6.07) is 5.17. The Balaban J connectivity index is 1.99. The van der Waals surface area contributed by atoms with Crippen molar-refractivity contribution in [3.63, 3.8) is 0 Å². The molecule has 1 rings (SSSR count). The standard InChI is InChI=1S/C20H34O4/c1-3-23-19(24-4-2)16-11-9-7-5-6-8-10-13-17-14-12-15-18(21)20(17)22/h12,14-15,19,21-22H,3-11,13,16H2,1-2H3. The molecule has 0 radical (unpaired) electrons. The Morgan fingerprint density at radius 2 is 1.42 bits per heavy atom. The minimum atomic E-state index is -0.0324. The third kappa shape index (κ3) is 8.55. The Hall–Kier alpha value is -1.26. The summed E-state index contributed by atoms with van der Waals surface area (Å²) < 4.78 is 11.1. The molecule has 0 aliphatic heterocycles. The molecule has 0 amide bonds. The zero-order chi connectivity index (χ0) is 17.6. The number of aryl methyl sites for hydroxylation is 1. The van der Waals surface area contributed by atoms with Gasteiger partial charge >= 0.3 is 0 Å². The molecule has 0 unspecified atom stereocenters. The molecule has 0 atom stereocenters. The molecule has 0 saturated heterocycles. The molecule has 138 valence electrons. The van der Waals surface area contributed by atoms with Gasteiger partial charge in [0.15, 0.2) is 17.8 Å². The Bertz CT molecular complexity index is 428. The monoisotopic (exact) mass is 338 g/mol. The van der Waals surface area contributed by atoms with Gasteiger partial charge in [-0.15, -0.1) is 0 Å². The number of para-hydroxylation sites is 1. The lowest BCUT2D eigenvalue weighted by atomic mass is 10.0. The summed E-state index contributed by atoms with van der Waals surface area (Å²) in [4.78, 5) is 0. The molecule has 0 bridgehead atoms. The van der Waals surface area contributed by atoms with Crippen LogP contribution in [0.2, 0.25) is 0 Å². The number of hydrogen-bond donors (Lipinski definition) is 2. The van der Waals surface area contributed by atoms with Crippen molar-refractivity contribution in [3.8, 4) is 11.5 Å². The van der Waals surface area contributed by atoms with E-state index in [1.807, 2.05) is 19.9 Å². The van der Waals surface area contributed by atoms with Gasteiger partial charge in [-0.2, -0.15) is 0 Å². The largest absolute Gasteiger partial charge is 0.504 e. The minimum Gasteiger partial charge on any atom is -0.504 e. The molecule has 0 spiro atoms. The molecule has 0 aliphatic carbocycles. The SMILES string of the molecule is CCOC(CCCCCCCCCc1cccc(O)c1O)OCC. The van der Waals surface area contributed by atoms with Crippen LogP contribution in [0.25, 0.3) is 0 Å². The van der Waals surface area contributed by atoms with Gasteiger partial charge in [-0.05, 0) is 51.2 Å². The van der Waals surface area contributed by atoms with Crippen molar-refractivity contribution in [2.75, 3.05) is 13.2 Å². The second-order valence-electron chi connectivity index (χ2n) is 6.14. The summed E-state index contributed by atoms with van der Waals surface area (Å²) >= 11 is 0. The van der Waals surface area contributed by atoms with Gasteiger partial charge in [-0.25, -0.2) is 0 Å². The van der Waals surface area contributed by atoms with Crippen LogP contribution >= 0.6 is 0 Å². The average molecular weight is 338 g/mol. The van der Waals surface area contributed by atoms with Crippen molar-refractivity contribution >= 4 is 0 Å². The summed E-state index contributed by atoms with van der Waals surface area (Å²) in [7, 11) is 0. The van der Waals surface area contributed by atoms with Crippen molar-refractivity contribution in [1.29, 1.82) is 0 Å². The summed E-state index contributed by atoms with van der Waals surface area (Å²) in [5.41, 5.74) is 0.841. The Kier molecular flexibility index (Phi) is 11.3. The fourth-order valence-corrected chi connectivity index (χ4v) is 2.88. The average Bonchev–Trinajstić information content (AvgIpc) is 2.57. The third-order valence-electron chi connectivity index (χ3n) is 4.19. The number of benzene rings is 1. The zero-order valence-corrected chi connectivity index (χ0v) is 15.3. The molecule has 0 heterocycles. The number of phenolic OH excluding ortho intramolecular Hbond substituents is 2. The van der Waals surface area contributed by atoms with Crippen LogP contribution in [0.5, 0.6) is 11.5 Å². The first kappa shape index (κ1) is 20.8. The van der Waals surface area contributed by atoms with Gasteiger partial charge in [-0.1, -0.05) is 44.2 Å². The van der Waals surface area contributed by atoms with E-state index in [-0.39, 0.29) is 17.8 Å². The second-order valence-corrected chi connectivity index (χ2v) is 6.14. The van der Waals surface area contributed by atoms with Gasteiger partial charge in [-0.3, -0.25) is 0 Å². The first-order valence-electron chi connectivity index (χ1n) is 9.42. The fraction of sp³-hybridized carbons (Fsp3) is 0.700. The third-order valence-corrected chi connectivity index (χ3v) is 4.19. The number of unbranched alkanes of at least 4 members (excludes halogenated alkanes) is 6. The Morgan fingerprint density at radius 1 is 0.833 bits per heavy atom. The van der Waals surface area contributed by atoms with E-state index in [9.17, 15) is 10.2 Å². The van der Waals surface area contributed by atoms with E-state index in [1.165, 1.54) is 31.7 Å². The van der Waals surface area contributed by atoms with Crippen LogP contribution in [0.4, 0.5) is 0 Å². The molecule has 0 saturated carbocycles. The van der Waals surface area contributed by atoms with Crippen molar-refractivity contribution in [1.82, 2.24) is 0 Å². The molecular formula is C20H34O4. The number of aromatic hydroxyl groups is 2. The van der Waals surface area contributed by atoms with Crippen LogP contribution in [0.15, 0.2) is 18.2 Å². The molecule has 0 fully saturated rings. The smallest absolute Gasteiger partial charge is 0.160 e. The molecule has 24 heavy (non-hydrogen) atoms. The second kappa shape index (κ2) is 13.1. The lowest BCUT2D eigenvalue weighted by Gasteiger charge is -2.16. The Morgan fingerprint density at radius 3 is 2.04 bits per heavy atom. The highest BCUT2D eigenvalue weighted by Crippen LogP contribution is 2.29. The first-order chi connectivity index (χ1) is 11.7. The summed E-state index contributed by atoms with van der Waals surface area (Å²) in [5.74, 6) is 0.0144.